The molecule has 1 aromatic rings. The summed E-state index contributed by atoms with van der Waals surface area (Å²) in [4.78, 5) is 0. The average Bonchev–Trinajstić information content (AvgIpc) is 2.91. The lowest BCUT2D eigenvalue weighted by Crippen LogP contribution is -2.28. The minimum atomic E-state index is -2.99. The zero-order chi connectivity index (χ0) is 15.6. The zero-order valence-electron chi connectivity index (χ0n) is 11.6. The van der Waals surface area contributed by atoms with E-state index in [1.165, 1.54) is 6.21 Å². The average molecular weight is 350 g/mol. The summed E-state index contributed by atoms with van der Waals surface area (Å²) in [5.41, 5.74) is 3.96. The van der Waals surface area contributed by atoms with Gasteiger partial charge in [0.2, 0.25) is 0 Å². The van der Waals surface area contributed by atoms with Crippen molar-refractivity contribution in [3.63, 3.8) is 0 Å². The molecule has 2 rings (SSSR count). The van der Waals surface area contributed by atoms with Gasteiger partial charge in [-0.15, -0.1) is 0 Å². The molecule has 21 heavy (non-hydrogen) atoms. The second-order valence-electron chi connectivity index (χ2n) is 4.74. The summed E-state index contributed by atoms with van der Waals surface area (Å²) in [6.07, 6.45) is 2.05. The Morgan fingerprint density at radius 3 is 2.90 bits per heavy atom. The SMILES string of the molecule is CNC(=S)N/N=C\c1c(C)nn([C@H]2CCS(=O)(=O)C2)c1Cl. The molecule has 1 saturated heterocycles. The Labute approximate surface area is 133 Å². The predicted molar refractivity (Wildman–Crippen MR) is 86.7 cm³/mol. The number of hydrazone groups is 1. The first-order valence-electron chi connectivity index (χ1n) is 6.30. The van der Waals surface area contributed by atoms with Gasteiger partial charge < -0.3 is 5.32 Å². The van der Waals surface area contributed by atoms with Gasteiger partial charge in [0.05, 0.1) is 35.0 Å². The van der Waals surface area contributed by atoms with Crippen LogP contribution in [0, 0.1) is 6.92 Å². The highest BCUT2D eigenvalue weighted by Crippen LogP contribution is 2.29. The Bertz CT molecular complexity index is 683. The molecule has 0 saturated carbocycles. The highest BCUT2D eigenvalue weighted by Gasteiger charge is 2.31. The highest BCUT2D eigenvalue weighted by atomic mass is 35.5. The molecule has 2 heterocycles. The van der Waals surface area contributed by atoms with Crippen molar-refractivity contribution in [1.82, 2.24) is 20.5 Å². The molecule has 1 aliphatic heterocycles. The first-order valence-corrected chi connectivity index (χ1v) is 8.90. The van der Waals surface area contributed by atoms with E-state index in [-0.39, 0.29) is 17.5 Å². The number of halogens is 1. The molecule has 10 heteroatoms. The van der Waals surface area contributed by atoms with Crippen molar-refractivity contribution >= 4 is 45.0 Å². The van der Waals surface area contributed by atoms with Crippen molar-refractivity contribution in [3.05, 3.63) is 16.4 Å². The molecule has 0 aromatic carbocycles. The van der Waals surface area contributed by atoms with E-state index in [1.54, 1.807) is 18.7 Å². The van der Waals surface area contributed by atoms with Crippen LogP contribution >= 0.6 is 23.8 Å². The van der Waals surface area contributed by atoms with Crippen molar-refractivity contribution in [3.8, 4) is 0 Å². The molecule has 116 valence electrons. The van der Waals surface area contributed by atoms with Crippen LogP contribution in [0.5, 0.6) is 0 Å². The van der Waals surface area contributed by atoms with Gasteiger partial charge in [0.25, 0.3) is 0 Å². The van der Waals surface area contributed by atoms with E-state index >= 15 is 0 Å². The Balaban J connectivity index is 2.20. The molecule has 0 spiro atoms. The van der Waals surface area contributed by atoms with Crippen molar-refractivity contribution < 1.29 is 8.42 Å². The molecule has 7 nitrogen and oxygen atoms in total. The third-order valence-electron chi connectivity index (χ3n) is 3.21. The Morgan fingerprint density at radius 1 is 1.62 bits per heavy atom. The van der Waals surface area contributed by atoms with Gasteiger partial charge in [-0.05, 0) is 25.6 Å². The number of hydrogen-bond acceptors (Lipinski definition) is 5. The minimum absolute atomic E-state index is 0.0759. The van der Waals surface area contributed by atoms with Crippen LogP contribution in [0.2, 0.25) is 5.15 Å². The number of hydrogen-bond donors (Lipinski definition) is 2. The molecule has 1 fully saturated rings. The molecule has 1 atom stereocenters. The second kappa shape index (κ2) is 6.29. The summed E-state index contributed by atoms with van der Waals surface area (Å²) in [7, 11) is -1.30. The number of aromatic nitrogens is 2. The van der Waals surface area contributed by atoms with Crippen LogP contribution in [0.1, 0.15) is 23.7 Å². The van der Waals surface area contributed by atoms with Crippen molar-refractivity contribution in [2.45, 2.75) is 19.4 Å². The molecule has 1 aliphatic rings. The smallest absolute Gasteiger partial charge is 0.186 e. The molecule has 2 N–H and O–H groups in total. The van der Waals surface area contributed by atoms with E-state index in [2.05, 4.69) is 20.9 Å². The minimum Gasteiger partial charge on any atom is -0.364 e. The molecule has 0 radical (unpaired) electrons. The number of sulfone groups is 1. The molecular weight excluding hydrogens is 334 g/mol. The van der Waals surface area contributed by atoms with Gasteiger partial charge in [-0.2, -0.15) is 10.2 Å². The summed E-state index contributed by atoms with van der Waals surface area (Å²) >= 11 is 11.2. The van der Waals surface area contributed by atoms with Gasteiger partial charge in [-0.3, -0.25) is 5.43 Å². The molecular formula is C11H16ClN5O2S2. The van der Waals surface area contributed by atoms with Gasteiger partial charge in [-0.1, -0.05) is 11.6 Å². The monoisotopic (exact) mass is 349 g/mol. The third kappa shape index (κ3) is 3.72. The molecule has 0 bridgehead atoms. The molecule has 1 aromatic heterocycles. The standard InChI is InChI=1S/C11H16ClN5O2S2/c1-7-9(5-14-15-11(20)13-2)10(12)17(16-7)8-3-4-21(18,19)6-8/h5,8H,3-4,6H2,1-2H3,(H2,13,15,20)/b14-5-/t8-/m0/s1. The maximum absolute atomic E-state index is 11.6. The van der Waals surface area contributed by atoms with Crippen LogP contribution in [0.15, 0.2) is 5.10 Å². The summed E-state index contributed by atoms with van der Waals surface area (Å²) in [6.45, 7) is 1.80. The van der Waals surface area contributed by atoms with Gasteiger partial charge >= 0.3 is 0 Å². The maximum Gasteiger partial charge on any atom is 0.186 e. The summed E-state index contributed by atoms with van der Waals surface area (Å²) in [5.74, 6) is 0.251. The van der Waals surface area contributed by atoms with Crippen LogP contribution in [0.3, 0.4) is 0 Å². The maximum atomic E-state index is 11.6. The molecule has 0 amide bonds. The van der Waals surface area contributed by atoms with Crippen LogP contribution in [0.4, 0.5) is 0 Å². The number of thiocarbonyl (C=S) groups is 1. The highest BCUT2D eigenvalue weighted by molar-refractivity contribution is 7.91. The van der Waals surface area contributed by atoms with Gasteiger partial charge in [-0.25, -0.2) is 13.1 Å². The van der Waals surface area contributed by atoms with Crippen LogP contribution < -0.4 is 10.7 Å². The Kier molecular flexibility index (Phi) is 4.84. The lowest BCUT2D eigenvalue weighted by atomic mass is 10.2. The summed E-state index contributed by atoms with van der Waals surface area (Å²) in [5, 5.41) is 11.8. The Morgan fingerprint density at radius 2 is 2.33 bits per heavy atom. The quantitative estimate of drug-likeness (QED) is 0.473. The largest absolute Gasteiger partial charge is 0.364 e. The van der Waals surface area contributed by atoms with Gasteiger partial charge in [0.15, 0.2) is 14.9 Å². The lowest BCUT2D eigenvalue weighted by Gasteiger charge is -2.09. The van der Waals surface area contributed by atoms with E-state index < -0.39 is 9.84 Å². The van der Waals surface area contributed by atoms with Gasteiger partial charge in [0, 0.05) is 7.05 Å². The lowest BCUT2D eigenvalue weighted by molar-refractivity contribution is 0.497. The van der Waals surface area contributed by atoms with Gasteiger partial charge in [0.1, 0.15) is 5.15 Å². The summed E-state index contributed by atoms with van der Waals surface area (Å²) < 4.78 is 24.7. The first kappa shape index (κ1) is 16.2. The number of nitrogens with one attached hydrogen (secondary N) is 2. The fourth-order valence-corrected chi connectivity index (χ4v) is 4.21. The predicted octanol–water partition coefficient (Wildman–Crippen LogP) is 0.632. The fourth-order valence-electron chi connectivity index (χ4n) is 2.10. The first-order chi connectivity index (χ1) is 9.84. The Hall–Kier alpha value is -1.19. The topological polar surface area (TPSA) is 88.4 Å². The van der Waals surface area contributed by atoms with E-state index in [0.717, 1.165) is 0 Å². The van der Waals surface area contributed by atoms with E-state index in [9.17, 15) is 8.42 Å². The third-order valence-corrected chi connectivity index (χ3v) is 5.63. The normalized spacial score (nSPS) is 20.8. The van der Waals surface area contributed by atoms with E-state index in [1.807, 2.05) is 0 Å². The van der Waals surface area contributed by atoms with E-state index in [0.29, 0.717) is 27.9 Å². The number of nitrogens with zero attached hydrogens (tertiary/aromatic N) is 3. The van der Waals surface area contributed by atoms with Crippen LogP contribution in [-0.4, -0.2) is 48.1 Å². The zero-order valence-corrected chi connectivity index (χ0v) is 14.0. The van der Waals surface area contributed by atoms with Crippen molar-refractivity contribution in [2.75, 3.05) is 18.6 Å². The molecule has 0 unspecified atom stereocenters. The number of aryl methyl sites for hydroxylation is 1. The summed E-state index contributed by atoms with van der Waals surface area (Å²) in [6, 6.07) is -0.213. The number of rotatable bonds is 3. The van der Waals surface area contributed by atoms with Crippen LogP contribution in [-0.2, 0) is 9.84 Å². The van der Waals surface area contributed by atoms with Crippen molar-refractivity contribution in [2.24, 2.45) is 5.10 Å². The fraction of sp³-hybridized carbons (Fsp3) is 0.545. The second-order valence-corrected chi connectivity index (χ2v) is 7.74. The van der Waals surface area contributed by atoms with Crippen molar-refractivity contribution in [1.29, 1.82) is 0 Å². The molecule has 0 aliphatic carbocycles. The van der Waals surface area contributed by atoms with Crippen LogP contribution in [0.25, 0.3) is 0 Å². The van der Waals surface area contributed by atoms with E-state index in [4.69, 9.17) is 23.8 Å².